The lowest BCUT2D eigenvalue weighted by atomic mass is 10.4. The molecule has 0 radical (unpaired) electrons. The summed E-state index contributed by atoms with van der Waals surface area (Å²) in [5.74, 6) is 0. The molecule has 0 unspecified atom stereocenters. The summed E-state index contributed by atoms with van der Waals surface area (Å²) in [5, 5.41) is 3.70. The Labute approximate surface area is 104 Å². The van der Waals surface area contributed by atoms with Crippen LogP contribution >= 0.6 is 11.9 Å². The molecule has 1 amide bonds. The largest absolute Gasteiger partial charge is 0.314 e. The molecule has 1 fully saturated rings. The van der Waals surface area contributed by atoms with Crippen molar-refractivity contribution in [2.45, 2.75) is 12.8 Å². The molecule has 2 heterocycles. The van der Waals surface area contributed by atoms with Crippen LogP contribution in [0.4, 0.5) is 4.79 Å². The van der Waals surface area contributed by atoms with Crippen LogP contribution in [0.5, 0.6) is 0 Å². The molecule has 0 spiro atoms. The predicted octanol–water partition coefficient (Wildman–Crippen LogP) is 1.87. The minimum absolute atomic E-state index is 0.154. The van der Waals surface area contributed by atoms with Gasteiger partial charge in [-0.05, 0) is 25.0 Å². The van der Waals surface area contributed by atoms with Gasteiger partial charge in [0.1, 0.15) is 0 Å². The monoisotopic (exact) mass is 250 g/mol. The molecule has 0 bridgehead atoms. The summed E-state index contributed by atoms with van der Waals surface area (Å²) in [5.41, 5.74) is 3.19. The van der Waals surface area contributed by atoms with Gasteiger partial charge >= 0.3 is 5.24 Å². The van der Waals surface area contributed by atoms with Crippen molar-refractivity contribution < 1.29 is 4.79 Å². The van der Waals surface area contributed by atoms with E-state index in [2.05, 4.69) is 15.5 Å². The quantitative estimate of drug-likeness (QED) is 0.505. The Morgan fingerprint density at radius 2 is 2.29 bits per heavy atom. The number of carbonyl (C=O) groups excluding carboxylic acids is 1. The lowest BCUT2D eigenvalue weighted by Gasteiger charge is -2.10. The van der Waals surface area contributed by atoms with Gasteiger partial charge in [0.25, 0.3) is 0 Å². The number of amides is 1. The number of nitrogens with one attached hydrogen (secondary N) is 1. The normalized spacial score (nSPS) is 16.5. The Kier molecular flexibility index (Phi) is 4.52. The Morgan fingerprint density at radius 1 is 1.47 bits per heavy atom. The first kappa shape index (κ1) is 12.1. The van der Waals surface area contributed by atoms with E-state index in [1.165, 1.54) is 18.2 Å². The van der Waals surface area contributed by atoms with Gasteiger partial charge in [-0.15, -0.1) is 0 Å². The highest BCUT2D eigenvalue weighted by Gasteiger charge is 2.15. The average molecular weight is 250 g/mol. The Balaban J connectivity index is 1.74. The first-order chi connectivity index (χ1) is 8.34. The highest BCUT2D eigenvalue weighted by molar-refractivity contribution is 8.11. The highest BCUT2D eigenvalue weighted by Crippen LogP contribution is 2.18. The maximum absolute atomic E-state index is 11.5. The fourth-order valence-corrected chi connectivity index (χ4v) is 2.29. The van der Waals surface area contributed by atoms with Crippen molar-refractivity contribution in [3.8, 4) is 0 Å². The summed E-state index contributed by atoms with van der Waals surface area (Å²) < 4.78 is 2.05. The smallest absolute Gasteiger partial charge is 0.259 e. The molecule has 1 aromatic rings. The third-order valence-corrected chi connectivity index (χ3v) is 3.20. The lowest BCUT2D eigenvalue weighted by molar-refractivity contribution is 0.260. The number of nitrogens with zero attached hydrogens (tertiary/aromatic N) is 3. The molecular formula is C11H14N4OS. The van der Waals surface area contributed by atoms with Crippen LogP contribution in [0.2, 0.25) is 0 Å². The number of hydrogen-bond acceptors (Lipinski definition) is 5. The minimum atomic E-state index is -0.154. The summed E-state index contributed by atoms with van der Waals surface area (Å²) in [6.07, 6.45) is 5.54. The van der Waals surface area contributed by atoms with E-state index in [4.69, 9.17) is 0 Å². The predicted molar refractivity (Wildman–Crippen MR) is 68.8 cm³/mol. The van der Waals surface area contributed by atoms with E-state index in [9.17, 15) is 4.79 Å². The van der Waals surface area contributed by atoms with Gasteiger partial charge in [0.15, 0.2) is 0 Å². The van der Waals surface area contributed by atoms with Gasteiger partial charge in [-0.3, -0.25) is 9.78 Å². The van der Waals surface area contributed by atoms with Crippen LogP contribution in [-0.2, 0) is 0 Å². The molecule has 0 aromatic carbocycles. The number of aromatic nitrogens is 1. The topological polar surface area (TPSA) is 57.6 Å². The van der Waals surface area contributed by atoms with E-state index in [-0.39, 0.29) is 5.24 Å². The van der Waals surface area contributed by atoms with Crippen LogP contribution in [0, 0.1) is 0 Å². The van der Waals surface area contributed by atoms with E-state index in [0.717, 1.165) is 31.6 Å². The van der Waals surface area contributed by atoms with E-state index in [1.807, 2.05) is 22.5 Å². The molecule has 0 atom stereocenters. The van der Waals surface area contributed by atoms with Crippen molar-refractivity contribution in [1.82, 2.24) is 14.7 Å². The van der Waals surface area contributed by atoms with Gasteiger partial charge in [0.05, 0.1) is 11.9 Å². The van der Waals surface area contributed by atoms with Crippen molar-refractivity contribution in [2.24, 2.45) is 5.10 Å². The summed E-state index contributed by atoms with van der Waals surface area (Å²) in [4.78, 5) is 15.5. The number of pyridine rings is 1. The molecule has 1 aliphatic heterocycles. The molecule has 1 saturated heterocycles. The first-order valence-electron chi connectivity index (χ1n) is 5.51. The van der Waals surface area contributed by atoms with Crippen molar-refractivity contribution in [2.75, 3.05) is 13.1 Å². The minimum Gasteiger partial charge on any atom is -0.259 e. The summed E-state index contributed by atoms with van der Waals surface area (Å²) >= 11 is 1.19. The summed E-state index contributed by atoms with van der Waals surface area (Å²) in [6, 6.07) is 5.53. The molecule has 0 aliphatic carbocycles. The van der Waals surface area contributed by atoms with Gasteiger partial charge in [-0.1, -0.05) is 6.07 Å². The molecule has 17 heavy (non-hydrogen) atoms. The van der Waals surface area contributed by atoms with E-state index >= 15 is 0 Å². The van der Waals surface area contributed by atoms with Crippen molar-refractivity contribution in [3.05, 3.63) is 30.1 Å². The average Bonchev–Trinajstić information content (AvgIpc) is 2.83. The second-order valence-electron chi connectivity index (χ2n) is 3.64. The zero-order valence-electron chi connectivity index (χ0n) is 9.37. The Hall–Kier alpha value is -1.40. The van der Waals surface area contributed by atoms with E-state index in [0.29, 0.717) is 0 Å². The fraction of sp³-hybridized carbons (Fsp3) is 0.364. The third-order valence-electron chi connectivity index (χ3n) is 2.32. The second kappa shape index (κ2) is 6.36. The van der Waals surface area contributed by atoms with Gasteiger partial charge < -0.3 is 0 Å². The summed E-state index contributed by atoms with van der Waals surface area (Å²) in [7, 11) is 0. The maximum atomic E-state index is 11.5. The highest BCUT2D eigenvalue weighted by atomic mass is 32.2. The van der Waals surface area contributed by atoms with Gasteiger partial charge in [-0.2, -0.15) is 5.10 Å². The van der Waals surface area contributed by atoms with Crippen LogP contribution in [0.3, 0.4) is 0 Å². The molecule has 5 nitrogen and oxygen atoms in total. The van der Waals surface area contributed by atoms with Crippen LogP contribution in [0.25, 0.3) is 0 Å². The summed E-state index contributed by atoms with van der Waals surface area (Å²) in [6.45, 7) is 1.95. The molecule has 1 aromatic heterocycles. The lowest BCUT2D eigenvalue weighted by Crippen LogP contribution is -2.19. The van der Waals surface area contributed by atoms with Gasteiger partial charge in [0.2, 0.25) is 0 Å². The van der Waals surface area contributed by atoms with Crippen LogP contribution in [-0.4, -0.2) is 33.8 Å². The second-order valence-corrected chi connectivity index (χ2v) is 4.71. The molecule has 6 heteroatoms. The molecule has 2 rings (SSSR count). The van der Waals surface area contributed by atoms with Crippen molar-refractivity contribution in [3.63, 3.8) is 0 Å². The molecule has 1 aliphatic rings. The van der Waals surface area contributed by atoms with Crippen molar-refractivity contribution in [1.29, 1.82) is 0 Å². The SMILES string of the molecule is O=C(N/N=C/c1ccccn1)SN1CCCC1. The zero-order chi connectivity index (χ0) is 11.9. The van der Waals surface area contributed by atoms with Crippen LogP contribution in [0.1, 0.15) is 18.5 Å². The number of hydrazone groups is 1. The first-order valence-corrected chi connectivity index (χ1v) is 6.29. The zero-order valence-corrected chi connectivity index (χ0v) is 10.2. The molecule has 0 saturated carbocycles. The van der Waals surface area contributed by atoms with Crippen molar-refractivity contribution >= 4 is 23.4 Å². The Bertz CT molecular complexity index is 390. The van der Waals surface area contributed by atoms with E-state index < -0.39 is 0 Å². The maximum Gasteiger partial charge on any atom is 0.314 e. The Morgan fingerprint density at radius 3 is 3.00 bits per heavy atom. The standard InChI is InChI=1S/C11H14N4OS/c16-11(17-15-7-3-4-8-15)14-13-9-10-5-1-2-6-12-10/h1-2,5-6,9H,3-4,7-8H2,(H,14,16)/b13-9+. The third kappa shape index (κ3) is 4.16. The van der Waals surface area contributed by atoms with Crippen LogP contribution < -0.4 is 5.43 Å². The molecule has 90 valence electrons. The van der Waals surface area contributed by atoms with Gasteiger partial charge in [0, 0.05) is 31.2 Å². The number of rotatable bonds is 3. The van der Waals surface area contributed by atoms with E-state index in [1.54, 1.807) is 6.20 Å². The van der Waals surface area contributed by atoms with Gasteiger partial charge in [-0.25, -0.2) is 9.73 Å². The molecular weight excluding hydrogens is 236 g/mol. The number of carbonyl (C=O) groups is 1. The number of hydrogen-bond donors (Lipinski definition) is 1. The fourth-order valence-electron chi connectivity index (χ4n) is 1.52. The van der Waals surface area contributed by atoms with Crippen LogP contribution in [0.15, 0.2) is 29.5 Å². The molecule has 1 N–H and O–H groups in total.